The first-order chi connectivity index (χ1) is 8.78. The van der Waals surface area contributed by atoms with Crippen molar-refractivity contribution < 1.29 is 9.53 Å². The zero-order chi connectivity index (χ0) is 14.6. The summed E-state index contributed by atoms with van der Waals surface area (Å²) in [6.07, 6.45) is 0. The Bertz CT molecular complexity index is 548. The molecule has 4 heteroatoms. The van der Waals surface area contributed by atoms with Gasteiger partial charge in [0.25, 0.3) is 0 Å². The van der Waals surface area contributed by atoms with E-state index in [1.54, 1.807) is 6.07 Å². The van der Waals surface area contributed by atoms with E-state index in [9.17, 15) is 4.79 Å². The molecule has 0 aliphatic heterocycles. The predicted molar refractivity (Wildman–Crippen MR) is 82.3 cm³/mol. The van der Waals surface area contributed by atoms with E-state index in [2.05, 4.69) is 36.4 Å². The third-order valence-corrected chi connectivity index (χ3v) is 3.55. The molecule has 19 heavy (non-hydrogen) atoms. The summed E-state index contributed by atoms with van der Waals surface area (Å²) in [4.78, 5) is 11.8. The number of methoxy groups -OCH3 is 1. The highest BCUT2D eigenvalue weighted by Crippen LogP contribution is 2.20. The van der Waals surface area contributed by atoms with Crippen LogP contribution in [-0.4, -0.2) is 28.2 Å². The van der Waals surface area contributed by atoms with Crippen LogP contribution < -0.4 is 5.32 Å². The molecule has 1 N–H and O–H groups in total. The van der Waals surface area contributed by atoms with Crippen molar-refractivity contribution in [3.8, 4) is 11.5 Å². The summed E-state index contributed by atoms with van der Waals surface area (Å²) in [6, 6.07) is 3.76. The number of benzene rings is 1. The van der Waals surface area contributed by atoms with E-state index >= 15 is 0 Å². The summed E-state index contributed by atoms with van der Waals surface area (Å²) >= 11 is 0. The standard InChI is InChI=1S/C15H21NO2Si/c1-11-12(7-8-19(4,5)6)9-13(16-2)10-14(11)15(17)18-3/h9-10,16H,1-6H3. The molecule has 0 unspecified atom stereocenters. The largest absolute Gasteiger partial charge is 0.465 e. The van der Waals surface area contributed by atoms with Gasteiger partial charge in [-0.3, -0.25) is 0 Å². The van der Waals surface area contributed by atoms with Crippen LogP contribution in [0.4, 0.5) is 5.69 Å². The Morgan fingerprint density at radius 2 is 1.95 bits per heavy atom. The second-order valence-corrected chi connectivity index (χ2v) is 10.2. The number of nitrogens with one attached hydrogen (secondary N) is 1. The second-order valence-electron chi connectivity index (χ2n) is 5.44. The van der Waals surface area contributed by atoms with Gasteiger partial charge < -0.3 is 10.1 Å². The van der Waals surface area contributed by atoms with Crippen molar-refractivity contribution in [1.82, 2.24) is 0 Å². The fourth-order valence-corrected chi connectivity index (χ4v) is 2.07. The molecular weight excluding hydrogens is 254 g/mol. The van der Waals surface area contributed by atoms with Gasteiger partial charge in [-0.1, -0.05) is 25.6 Å². The number of ether oxygens (including phenoxy) is 1. The number of esters is 1. The van der Waals surface area contributed by atoms with Crippen molar-refractivity contribution in [2.75, 3.05) is 19.5 Å². The van der Waals surface area contributed by atoms with Gasteiger partial charge in [-0.2, -0.15) is 0 Å². The molecule has 102 valence electrons. The number of carbonyl (C=O) groups is 1. The first-order valence-corrected chi connectivity index (χ1v) is 9.72. The van der Waals surface area contributed by atoms with E-state index in [1.165, 1.54) is 7.11 Å². The van der Waals surface area contributed by atoms with Gasteiger partial charge in [0.05, 0.1) is 12.7 Å². The average molecular weight is 275 g/mol. The molecule has 0 radical (unpaired) electrons. The third-order valence-electron chi connectivity index (χ3n) is 2.67. The molecule has 0 bridgehead atoms. The summed E-state index contributed by atoms with van der Waals surface area (Å²) in [7, 11) is 1.77. The number of hydrogen-bond acceptors (Lipinski definition) is 3. The summed E-state index contributed by atoms with van der Waals surface area (Å²) in [5.74, 6) is 2.88. The molecule has 0 aromatic heterocycles. The SMILES string of the molecule is CNc1cc(C#C[Si](C)(C)C)c(C)c(C(=O)OC)c1. The van der Waals surface area contributed by atoms with Gasteiger partial charge in [0.1, 0.15) is 8.07 Å². The number of carbonyl (C=O) groups excluding carboxylic acids is 1. The molecule has 1 aromatic rings. The van der Waals surface area contributed by atoms with E-state index in [4.69, 9.17) is 4.74 Å². The van der Waals surface area contributed by atoms with Crippen LogP contribution in [0, 0.1) is 18.4 Å². The summed E-state index contributed by atoms with van der Waals surface area (Å²) < 4.78 is 4.81. The molecule has 0 heterocycles. The predicted octanol–water partition coefficient (Wildman–Crippen LogP) is 3.05. The van der Waals surface area contributed by atoms with Gasteiger partial charge in [-0.05, 0) is 24.6 Å². The van der Waals surface area contributed by atoms with Crippen LogP contribution in [0.25, 0.3) is 0 Å². The van der Waals surface area contributed by atoms with Crippen LogP contribution in [0.1, 0.15) is 21.5 Å². The third kappa shape index (κ3) is 4.14. The highest BCUT2D eigenvalue weighted by atomic mass is 28.3. The number of hydrogen-bond donors (Lipinski definition) is 1. The molecule has 0 fully saturated rings. The van der Waals surface area contributed by atoms with Crippen LogP contribution in [0.15, 0.2) is 12.1 Å². The van der Waals surface area contributed by atoms with E-state index in [0.717, 1.165) is 16.8 Å². The first-order valence-electron chi connectivity index (χ1n) is 6.22. The molecule has 3 nitrogen and oxygen atoms in total. The smallest absolute Gasteiger partial charge is 0.338 e. The number of rotatable bonds is 2. The lowest BCUT2D eigenvalue weighted by Gasteiger charge is -2.10. The van der Waals surface area contributed by atoms with Crippen LogP contribution in [-0.2, 0) is 4.74 Å². The minimum Gasteiger partial charge on any atom is -0.465 e. The maximum Gasteiger partial charge on any atom is 0.338 e. The molecular formula is C15H21NO2Si. The Morgan fingerprint density at radius 1 is 1.32 bits per heavy atom. The lowest BCUT2D eigenvalue weighted by molar-refractivity contribution is 0.0600. The normalized spacial score (nSPS) is 10.4. The van der Waals surface area contributed by atoms with Gasteiger partial charge in [0.15, 0.2) is 0 Å². The quantitative estimate of drug-likeness (QED) is 0.512. The van der Waals surface area contributed by atoms with Crippen molar-refractivity contribution in [2.24, 2.45) is 0 Å². The fourth-order valence-electron chi connectivity index (χ4n) is 1.57. The Labute approximate surface area is 116 Å². The second kappa shape index (κ2) is 5.94. The summed E-state index contributed by atoms with van der Waals surface area (Å²) in [5, 5.41) is 3.05. The van der Waals surface area contributed by atoms with Gasteiger partial charge in [0.2, 0.25) is 0 Å². The molecule has 0 atom stereocenters. The molecule has 0 saturated carbocycles. The van der Waals surface area contributed by atoms with E-state index in [0.29, 0.717) is 5.56 Å². The Morgan fingerprint density at radius 3 is 2.42 bits per heavy atom. The minimum atomic E-state index is -1.44. The minimum absolute atomic E-state index is 0.328. The molecule has 0 amide bonds. The van der Waals surface area contributed by atoms with Crippen LogP contribution >= 0.6 is 0 Å². The molecule has 0 aliphatic carbocycles. The van der Waals surface area contributed by atoms with Crippen molar-refractivity contribution in [1.29, 1.82) is 0 Å². The maximum atomic E-state index is 11.8. The maximum absolute atomic E-state index is 11.8. The molecule has 0 aliphatic rings. The van der Waals surface area contributed by atoms with Crippen molar-refractivity contribution in [3.63, 3.8) is 0 Å². The van der Waals surface area contributed by atoms with E-state index in [1.807, 2.05) is 20.0 Å². The zero-order valence-electron chi connectivity index (χ0n) is 12.5. The average Bonchev–Trinajstić information content (AvgIpc) is 2.35. The Hall–Kier alpha value is -1.73. The number of anilines is 1. The van der Waals surface area contributed by atoms with Crippen LogP contribution in [0.2, 0.25) is 19.6 Å². The highest BCUT2D eigenvalue weighted by molar-refractivity contribution is 6.83. The van der Waals surface area contributed by atoms with Crippen molar-refractivity contribution in [2.45, 2.75) is 26.6 Å². The van der Waals surface area contributed by atoms with Crippen LogP contribution in [0.5, 0.6) is 0 Å². The zero-order valence-corrected chi connectivity index (χ0v) is 13.5. The van der Waals surface area contributed by atoms with Crippen LogP contribution in [0.3, 0.4) is 0 Å². The topological polar surface area (TPSA) is 38.3 Å². The van der Waals surface area contributed by atoms with Crippen molar-refractivity contribution in [3.05, 3.63) is 28.8 Å². The molecule has 0 spiro atoms. The lowest BCUT2D eigenvalue weighted by Crippen LogP contribution is -2.16. The fraction of sp³-hybridized carbons (Fsp3) is 0.400. The summed E-state index contributed by atoms with van der Waals surface area (Å²) in [6.45, 7) is 8.48. The summed E-state index contributed by atoms with van der Waals surface area (Å²) in [5.41, 5.74) is 6.51. The molecule has 1 rings (SSSR count). The Balaban J connectivity index is 3.38. The Kier molecular flexibility index (Phi) is 4.79. The van der Waals surface area contributed by atoms with Gasteiger partial charge >= 0.3 is 5.97 Å². The molecule has 1 aromatic carbocycles. The van der Waals surface area contributed by atoms with Gasteiger partial charge in [-0.15, -0.1) is 5.54 Å². The monoisotopic (exact) mass is 275 g/mol. The van der Waals surface area contributed by atoms with Gasteiger partial charge in [0, 0.05) is 18.3 Å². The van der Waals surface area contributed by atoms with Gasteiger partial charge in [-0.25, -0.2) is 4.79 Å². The lowest BCUT2D eigenvalue weighted by atomic mass is 10.0. The highest BCUT2D eigenvalue weighted by Gasteiger charge is 2.14. The first kappa shape index (κ1) is 15.3. The van der Waals surface area contributed by atoms with Crippen molar-refractivity contribution >= 4 is 19.7 Å². The van der Waals surface area contributed by atoms with E-state index < -0.39 is 8.07 Å². The molecule has 0 saturated heterocycles. The van der Waals surface area contributed by atoms with E-state index in [-0.39, 0.29) is 5.97 Å².